The molecule has 1 aromatic rings. The number of anilines is 1. The maximum Gasteiger partial charge on any atom is 0.326 e. The zero-order valence-corrected chi connectivity index (χ0v) is 14.6. The molecule has 0 bridgehead atoms. The summed E-state index contributed by atoms with van der Waals surface area (Å²) in [5.41, 5.74) is 0.680. The Morgan fingerprint density at radius 2 is 1.92 bits per heavy atom. The van der Waals surface area contributed by atoms with Gasteiger partial charge in [-0.2, -0.15) is 0 Å². The predicted molar refractivity (Wildman–Crippen MR) is 95.1 cm³/mol. The van der Waals surface area contributed by atoms with Crippen LogP contribution in [0.5, 0.6) is 0 Å². The highest BCUT2D eigenvalue weighted by molar-refractivity contribution is 8.00. The summed E-state index contributed by atoms with van der Waals surface area (Å²) < 4.78 is 0. The van der Waals surface area contributed by atoms with E-state index in [1.54, 1.807) is 37.3 Å². The summed E-state index contributed by atoms with van der Waals surface area (Å²) in [5.74, 6) is -1.54. The van der Waals surface area contributed by atoms with Gasteiger partial charge in [0, 0.05) is 17.5 Å². The van der Waals surface area contributed by atoms with E-state index in [2.05, 4.69) is 17.2 Å². The lowest BCUT2D eigenvalue weighted by Crippen LogP contribution is -2.43. The molecule has 0 heterocycles. The fourth-order valence-corrected chi connectivity index (χ4v) is 2.79. The first-order chi connectivity index (χ1) is 11.3. The van der Waals surface area contributed by atoms with Crippen LogP contribution in [0.3, 0.4) is 0 Å². The van der Waals surface area contributed by atoms with Crippen molar-refractivity contribution in [2.75, 3.05) is 5.32 Å². The Morgan fingerprint density at radius 1 is 1.29 bits per heavy atom. The second kappa shape index (κ2) is 9.77. The first-order valence-corrected chi connectivity index (χ1v) is 8.39. The lowest BCUT2D eigenvalue weighted by atomic mass is 10.1. The van der Waals surface area contributed by atoms with Crippen molar-refractivity contribution < 1.29 is 19.5 Å². The SMILES string of the molecule is C=CCCC(NC(=O)C(C)Sc1ccc(NC(C)=O)cc1)C(=O)O. The van der Waals surface area contributed by atoms with Gasteiger partial charge in [-0.3, -0.25) is 9.59 Å². The first-order valence-electron chi connectivity index (χ1n) is 7.52. The molecule has 0 aliphatic carbocycles. The summed E-state index contributed by atoms with van der Waals surface area (Å²) in [6.45, 7) is 6.70. The van der Waals surface area contributed by atoms with E-state index in [4.69, 9.17) is 5.11 Å². The maximum absolute atomic E-state index is 12.2. The number of hydrogen-bond donors (Lipinski definition) is 3. The minimum atomic E-state index is -1.05. The second-order valence-electron chi connectivity index (χ2n) is 5.23. The highest BCUT2D eigenvalue weighted by atomic mass is 32.2. The summed E-state index contributed by atoms with van der Waals surface area (Å²) in [4.78, 5) is 35.1. The van der Waals surface area contributed by atoms with Crippen molar-refractivity contribution in [1.82, 2.24) is 5.32 Å². The van der Waals surface area contributed by atoms with Crippen LogP contribution in [0.25, 0.3) is 0 Å². The first kappa shape index (κ1) is 19.8. The van der Waals surface area contributed by atoms with Crippen molar-refractivity contribution in [2.45, 2.75) is 42.9 Å². The second-order valence-corrected chi connectivity index (χ2v) is 6.65. The molecule has 0 saturated heterocycles. The highest BCUT2D eigenvalue weighted by Gasteiger charge is 2.22. The Balaban J connectivity index is 2.60. The Labute approximate surface area is 145 Å². The van der Waals surface area contributed by atoms with Gasteiger partial charge >= 0.3 is 5.97 Å². The van der Waals surface area contributed by atoms with E-state index >= 15 is 0 Å². The van der Waals surface area contributed by atoms with Gasteiger partial charge in [0.1, 0.15) is 6.04 Å². The Bertz CT molecular complexity index is 601. The van der Waals surface area contributed by atoms with Crippen LogP contribution in [0.1, 0.15) is 26.7 Å². The maximum atomic E-state index is 12.2. The third kappa shape index (κ3) is 6.87. The molecule has 24 heavy (non-hydrogen) atoms. The van der Waals surface area contributed by atoms with Gasteiger partial charge in [-0.1, -0.05) is 6.08 Å². The normalized spacial score (nSPS) is 12.8. The van der Waals surface area contributed by atoms with Crippen molar-refractivity contribution in [3.63, 3.8) is 0 Å². The molecule has 2 unspecified atom stereocenters. The molecule has 6 nitrogen and oxygen atoms in total. The smallest absolute Gasteiger partial charge is 0.326 e. The summed E-state index contributed by atoms with van der Waals surface area (Å²) in [6.07, 6.45) is 2.45. The van der Waals surface area contributed by atoms with Gasteiger partial charge in [0.25, 0.3) is 0 Å². The van der Waals surface area contributed by atoms with E-state index < -0.39 is 17.3 Å². The molecule has 0 saturated carbocycles. The molecule has 1 rings (SSSR count). The number of hydrogen-bond acceptors (Lipinski definition) is 4. The van der Waals surface area contributed by atoms with E-state index in [1.807, 2.05) is 0 Å². The van der Waals surface area contributed by atoms with Gasteiger partial charge in [-0.25, -0.2) is 4.79 Å². The number of aliphatic carboxylic acids is 1. The Kier molecular flexibility index (Phi) is 8.05. The molecular weight excluding hydrogens is 328 g/mol. The molecule has 0 aliphatic heterocycles. The van der Waals surface area contributed by atoms with E-state index in [1.165, 1.54) is 18.7 Å². The minimum Gasteiger partial charge on any atom is -0.480 e. The summed E-state index contributed by atoms with van der Waals surface area (Å²) in [5, 5.41) is 13.9. The summed E-state index contributed by atoms with van der Waals surface area (Å²) >= 11 is 1.32. The van der Waals surface area contributed by atoms with Gasteiger partial charge in [0.2, 0.25) is 11.8 Å². The molecule has 130 valence electrons. The molecule has 0 fully saturated rings. The molecular formula is C17H22N2O4S. The topological polar surface area (TPSA) is 95.5 Å². The highest BCUT2D eigenvalue weighted by Crippen LogP contribution is 2.25. The van der Waals surface area contributed by atoms with E-state index in [0.717, 1.165) is 4.90 Å². The predicted octanol–water partition coefficient (Wildman–Crippen LogP) is 2.66. The zero-order chi connectivity index (χ0) is 18.1. The van der Waals surface area contributed by atoms with Crippen molar-refractivity contribution in [3.05, 3.63) is 36.9 Å². The molecule has 0 aliphatic rings. The number of allylic oxidation sites excluding steroid dienone is 1. The molecule has 0 aromatic heterocycles. The molecule has 3 N–H and O–H groups in total. The number of amides is 2. The van der Waals surface area contributed by atoms with Crippen LogP contribution in [0.4, 0.5) is 5.69 Å². The monoisotopic (exact) mass is 350 g/mol. The molecule has 1 aromatic carbocycles. The number of carbonyl (C=O) groups is 3. The van der Waals surface area contributed by atoms with Crippen molar-refractivity contribution in [3.8, 4) is 0 Å². The lowest BCUT2D eigenvalue weighted by molar-refractivity contribution is -0.141. The zero-order valence-electron chi connectivity index (χ0n) is 13.7. The van der Waals surface area contributed by atoms with E-state index in [-0.39, 0.29) is 11.8 Å². The van der Waals surface area contributed by atoms with Crippen LogP contribution < -0.4 is 10.6 Å². The van der Waals surface area contributed by atoms with Gasteiger partial charge in [0.15, 0.2) is 0 Å². The largest absolute Gasteiger partial charge is 0.480 e. The van der Waals surface area contributed by atoms with Crippen molar-refractivity contribution in [2.24, 2.45) is 0 Å². The molecule has 2 amide bonds. The fourth-order valence-electron chi connectivity index (χ4n) is 1.91. The number of carboxylic acids is 1. The number of benzene rings is 1. The lowest BCUT2D eigenvalue weighted by Gasteiger charge is -2.17. The van der Waals surface area contributed by atoms with Crippen LogP contribution >= 0.6 is 11.8 Å². The summed E-state index contributed by atoms with van der Waals surface area (Å²) in [6, 6.07) is 6.18. The van der Waals surface area contributed by atoms with Crippen LogP contribution in [0, 0.1) is 0 Å². The fraction of sp³-hybridized carbons (Fsp3) is 0.353. The third-order valence-corrected chi connectivity index (χ3v) is 4.24. The average Bonchev–Trinajstić information content (AvgIpc) is 2.52. The standard InChI is InChI=1S/C17H22N2O4S/c1-4-5-6-15(17(22)23)19-16(21)11(2)24-14-9-7-13(8-10-14)18-12(3)20/h4,7-11,15H,1,5-6H2,2-3H3,(H,18,20)(H,19,21)(H,22,23). The van der Waals surface area contributed by atoms with Crippen molar-refractivity contribution >= 4 is 35.2 Å². The number of thioether (sulfide) groups is 1. The van der Waals surface area contributed by atoms with Crippen LogP contribution in [0.15, 0.2) is 41.8 Å². The van der Waals surface area contributed by atoms with Crippen LogP contribution in [-0.2, 0) is 14.4 Å². The number of rotatable bonds is 9. The Hall–Kier alpha value is -2.28. The number of nitrogens with one attached hydrogen (secondary N) is 2. The molecule has 0 radical (unpaired) electrons. The number of carbonyl (C=O) groups excluding carboxylic acids is 2. The van der Waals surface area contributed by atoms with E-state index in [9.17, 15) is 14.4 Å². The summed E-state index contributed by atoms with van der Waals surface area (Å²) in [7, 11) is 0. The Morgan fingerprint density at radius 3 is 2.42 bits per heavy atom. The van der Waals surface area contributed by atoms with Gasteiger partial charge in [-0.15, -0.1) is 18.3 Å². The third-order valence-electron chi connectivity index (χ3n) is 3.13. The van der Waals surface area contributed by atoms with Crippen molar-refractivity contribution in [1.29, 1.82) is 0 Å². The van der Waals surface area contributed by atoms with Crippen LogP contribution in [0.2, 0.25) is 0 Å². The molecule has 7 heteroatoms. The van der Waals surface area contributed by atoms with Gasteiger partial charge < -0.3 is 15.7 Å². The van der Waals surface area contributed by atoms with E-state index in [0.29, 0.717) is 18.5 Å². The van der Waals surface area contributed by atoms with Gasteiger partial charge in [-0.05, 0) is 44.0 Å². The van der Waals surface area contributed by atoms with Gasteiger partial charge in [0.05, 0.1) is 5.25 Å². The number of carboxylic acid groups (broad SMARTS) is 1. The molecule has 2 atom stereocenters. The van der Waals surface area contributed by atoms with Crippen LogP contribution in [-0.4, -0.2) is 34.2 Å². The minimum absolute atomic E-state index is 0.151. The quantitative estimate of drug-likeness (QED) is 0.470. The average molecular weight is 350 g/mol. The molecule has 0 spiro atoms.